The quantitative estimate of drug-likeness (QED) is 0.787. The fourth-order valence-electron chi connectivity index (χ4n) is 3.46. The van der Waals surface area contributed by atoms with E-state index in [-0.39, 0.29) is 12.0 Å². The molecule has 0 unspecified atom stereocenters. The Bertz CT molecular complexity index is 922. The maximum absolute atomic E-state index is 12.8. The highest BCUT2D eigenvalue weighted by atomic mass is 16.5. The van der Waals surface area contributed by atoms with Gasteiger partial charge in [-0.15, -0.1) is 0 Å². The number of carbonyl (C=O) groups excluding carboxylic acids is 1. The minimum Gasteiger partial charge on any atom is -0.474 e. The maximum Gasteiger partial charge on any atom is 0.253 e. The zero-order chi connectivity index (χ0) is 18.1. The van der Waals surface area contributed by atoms with Crippen molar-refractivity contribution in [3.05, 3.63) is 53.6 Å². The van der Waals surface area contributed by atoms with Crippen molar-refractivity contribution in [3.63, 3.8) is 0 Å². The number of aromatic nitrogens is 3. The molecular formula is C20H22N4O2. The van der Waals surface area contributed by atoms with Crippen molar-refractivity contribution in [2.75, 3.05) is 13.1 Å². The van der Waals surface area contributed by atoms with Gasteiger partial charge in [-0.2, -0.15) is 4.98 Å². The lowest BCUT2D eigenvalue weighted by Gasteiger charge is -2.32. The van der Waals surface area contributed by atoms with Crippen LogP contribution in [0.5, 0.6) is 5.88 Å². The van der Waals surface area contributed by atoms with E-state index in [2.05, 4.69) is 15.0 Å². The van der Waals surface area contributed by atoms with Gasteiger partial charge in [0.05, 0.1) is 0 Å². The molecule has 134 valence electrons. The maximum atomic E-state index is 12.8. The van der Waals surface area contributed by atoms with E-state index in [4.69, 9.17) is 4.74 Å². The van der Waals surface area contributed by atoms with Crippen molar-refractivity contribution in [2.24, 2.45) is 0 Å². The van der Waals surface area contributed by atoms with Gasteiger partial charge >= 0.3 is 0 Å². The van der Waals surface area contributed by atoms with Gasteiger partial charge in [-0.05, 0) is 38.1 Å². The number of aryl methyl sites for hydroxylation is 2. The van der Waals surface area contributed by atoms with Crippen LogP contribution < -0.4 is 4.74 Å². The summed E-state index contributed by atoms with van der Waals surface area (Å²) in [6, 6.07) is 9.63. The summed E-state index contributed by atoms with van der Waals surface area (Å²) in [6.07, 6.45) is 3.58. The van der Waals surface area contributed by atoms with Crippen molar-refractivity contribution >= 4 is 16.8 Å². The zero-order valence-corrected chi connectivity index (χ0v) is 15.0. The molecule has 1 amide bonds. The van der Waals surface area contributed by atoms with Crippen LogP contribution in [-0.2, 0) is 0 Å². The lowest BCUT2D eigenvalue weighted by molar-refractivity contribution is 0.0587. The van der Waals surface area contributed by atoms with Gasteiger partial charge in [0.25, 0.3) is 5.91 Å². The van der Waals surface area contributed by atoms with E-state index in [1.54, 1.807) is 0 Å². The van der Waals surface area contributed by atoms with Gasteiger partial charge in [0.1, 0.15) is 11.9 Å². The Kier molecular flexibility index (Phi) is 4.32. The van der Waals surface area contributed by atoms with E-state index in [0.29, 0.717) is 24.8 Å². The third-order valence-corrected chi connectivity index (χ3v) is 4.76. The first-order chi connectivity index (χ1) is 12.6. The summed E-state index contributed by atoms with van der Waals surface area (Å²) < 4.78 is 6.00. The number of ether oxygens (including phenoxy) is 1. The van der Waals surface area contributed by atoms with Crippen LogP contribution in [-0.4, -0.2) is 45.0 Å². The Balaban J connectivity index is 1.38. The number of amides is 1. The summed E-state index contributed by atoms with van der Waals surface area (Å²) in [6.45, 7) is 5.18. The minimum absolute atomic E-state index is 0.0832. The van der Waals surface area contributed by atoms with E-state index in [9.17, 15) is 4.79 Å². The third-order valence-electron chi connectivity index (χ3n) is 4.76. The van der Waals surface area contributed by atoms with Crippen LogP contribution in [0.25, 0.3) is 10.9 Å². The standard InChI is InChI=1S/C20H22N4O2/c1-13-11-19(23-14(2)22-13)26-17-6-9-24(10-7-17)20(25)16-3-4-18-15(12-16)5-8-21-18/h3-5,8,11-12,17,21H,6-7,9-10H2,1-2H3. The highest BCUT2D eigenvalue weighted by Gasteiger charge is 2.25. The van der Waals surface area contributed by atoms with Crippen LogP contribution in [0.1, 0.15) is 34.7 Å². The van der Waals surface area contributed by atoms with E-state index in [1.807, 2.05) is 55.3 Å². The van der Waals surface area contributed by atoms with Crippen LogP contribution in [0.15, 0.2) is 36.5 Å². The van der Waals surface area contributed by atoms with Crippen molar-refractivity contribution in [1.82, 2.24) is 19.9 Å². The average Bonchev–Trinajstić information content (AvgIpc) is 3.08. The van der Waals surface area contributed by atoms with Gasteiger partial charge in [-0.25, -0.2) is 4.98 Å². The number of piperidine rings is 1. The second kappa shape index (κ2) is 6.78. The third kappa shape index (κ3) is 3.40. The number of H-pyrrole nitrogens is 1. The first kappa shape index (κ1) is 16.6. The molecule has 0 aliphatic carbocycles. The van der Waals surface area contributed by atoms with E-state index in [0.717, 1.165) is 35.0 Å². The topological polar surface area (TPSA) is 71.1 Å². The number of hydrogen-bond donors (Lipinski definition) is 1. The monoisotopic (exact) mass is 350 g/mol. The molecule has 0 atom stereocenters. The molecule has 3 heterocycles. The van der Waals surface area contributed by atoms with Crippen LogP contribution in [0, 0.1) is 13.8 Å². The SMILES string of the molecule is Cc1cc(OC2CCN(C(=O)c3ccc4[nH]ccc4c3)CC2)nc(C)n1. The second-order valence-corrected chi connectivity index (χ2v) is 6.78. The number of rotatable bonds is 3. The Morgan fingerprint density at radius 2 is 1.96 bits per heavy atom. The Morgan fingerprint density at radius 1 is 1.15 bits per heavy atom. The predicted octanol–water partition coefficient (Wildman–Crippen LogP) is 3.26. The molecule has 0 bridgehead atoms. The molecule has 3 aromatic rings. The van der Waals surface area contributed by atoms with Crippen LogP contribution in [0.4, 0.5) is 0 Å². The molecule has 6 heteroatoms. The molecule has 1 aromatic carbocycles. The summed E-state index contributed by atoms with van der Waals surface area (Å²) in [7, 11) is 0. The van der Waals surface area contributed by atoms with Crippen molar-refractivity contribution in [1.29, 1.82) is 0 Å². The summed E-state index contributed by atoms with van der Waals surface area (Å²) in [5, 5.41) is 1.06. The number of aromatic amines is 1. The molecule has 0 radical (unpaired) electrons. The summed E-state index contributed by atoms with van der Waals surface area (Å²) >= 11 is 0. The highest BCUT2D eigenvalue weighted by Crippen LogP contribution is 2.21. The molecule has 0 spiro atoms. The lowest BCUT2D eigenvalue weighted by atomic mass is 10.1. The highest BCUT2D eigenvalue weighted by molar-refractivity contribution is 5.98. The van der Waals surface area contributed by atoms with E-state index >= 15 is 0 Å². The molecule has 26 heavy (non-hydrogen) atoms. The minimum atomic E-state index is 0.0832. The summed E-state index contributed by atoms with van der Waals surface area (Å²) in [5.74, 6) is 1.42. The molecule has 2 aromatic heterocycles. The van der Waals surface area contributed by atoms with Crippen molar-refractivity contribution < 1.29 is 9.53 Å². The number of nitrogens with one attached hydrogen (secondary N) is 1. The van der Waals surface area contributed by atoms with Gasteiger partial charge in [0, 0.05) is 60.4 Å². The zero-order valence-electron chi connectivity index (χ0n) is 15.0. The molecule has 0 saturated carbocycles. The Labute approximate surface area is 152 Å². The molecular weight excluding hydrogens is 328 g/mol. The summed E-state index contributed by atoms with van der Waals surface area (Å²) in [4.78, 5) is 26.4. The van der Waals surface area contributed by atoms with Gasteiger partial charge in [-0.3, -0.25) is 4.79 Å². The second-order valence-electron chi connectivity index (χ2n) is 6.78. The first-order valence-electron chi connectivity index (χ1n) is 8.94. The number of hydrogen-bond acceptors (Lipinski definition) is 4. The lowest BCUT2D eigenvalue weighted by Crippen LogP contribution is -2.41. The fourth-order valence-corrected chi connectivity index (χ4v) is 3.46. The molecule has 1 fully saturated rings. The molecule has 1 N–H and O–H groups in total. The van der Waals surface area contributed by atoms with Gasteiger partial charge in [0.2, 0.25) is 5.88 Å². The van der Waals surface area contributed by atoms with E-state index in [1.165, 1.54) is 0 Å². The number of likely N-dealkylation sites (tertiary alicyclic amines) is 1. The van der Waals surface area contributed by atoms with Gasteiger partial charge < -0.3 is 14.6 Å². The van der Waals surface area contributed by atoms with Crippen molar-refractivity contribution in [2.45, 2.75) is 32.8 Å². The number of fused-ring (bicyclic) bond motifs is 1. The van der Waals surface area contributed by atoms with Crippen LogP contribution in [0.3, 0.4) is 0 Å². The summed E-state index contributed by atoms with van der Waals surface area (Å²) in [5.41, 5.74) is 2.68. The molecule has 4 rings (SSSR count). The Hall–Kier alpha value is -2.89. The smallest absolute Gasteiger partial charge is 0.253 e. The van der Waals surface area contributed by atoms with Gasteiger partial charge in [-0.1, -0.05) is 0 Å². The van der Waals surface area contributed by atoms with Crippen LogP contribution >= 0.6 is 0 Å². The van der Waals surface area contributed by atoms with Gasteiger partial charge in [0.15, 0.2) is 0 Å². The molecule has 1 aliphatic rings. The van der Waals surface area contributed by atoms with Crippen molar-refractivity contribution in [3.8, 4) is 5.88 Å². The fraction of sp³-hybridized carbons (Fsp3) is 0.350. The predicted molar refractivity (Wildman–Crippen MR) is 99.4 cm³/mol. The largest absolute Gasteiger partial charge is 0.474 e. The molecule has 1 aliphatic heterocycles. The molecule has 1 saturated heterocycles. The number of carbonyl (C=O) groups is 1. The normalized spacial score (nSPS) is 15.4. The Morgan fingerprint density at radius 3 is 2.73 bits per heavy atom. The van der Waals surface area contributed by atoms with Crippen LogP contribution in [0.2, 0.25) is 0 Å². The first-order valence-corrected chi connectivity index (χ1v) is 8.94. The average molecular weight is 350 g/mol. The number of benzene rings is 1. The van der Waals surface area contributed by atoms with E-state index < -0.39 is 0 Å². The molecule has 6 nitrogen and oxygen atoms in total. The number of nitrogens with zero attached hydrogens (tertiary/aromatic N) is 3.